The van der Waals surface area contributed by atoms with Gasteiger partial charge in [0.1, 0.15) is 5.92 Å². The highest BCUT2D eigenvalue weighted by atomic mass is 32.1. The van der Waals surface area contributed by atoms with Gasteiger partial charge in [-0.25, -0.2) is 4.98 Å². The van der Waals surface area contributed by atoms with Crippen LogP contribution in [-0.2, 0) is 16.0 Å². The van der Waals surface area contributed by atoms with Gasteiger partial charge in [-0.15, -0.1) is 11.3 Å². The Morgan fingerprint density at radius 1 is 1.29 bits per heavy atom. The average molecular weight is 498 g/mol. The molecular weight excluding hydrogens is 466 g/mol. The van der Waals surface area contributed by atoms with E-state index in [1.807, 2.05) is 50.5 Å². The number of carbonyl (C=O) groups is 2. The number of nitrogens with zero attached hydrogens (tertiary/aromatic N) is 3. The van der Waals surface area contributed by atoms with Crippen molar-refractivity contribution in [3.05, 3.63) is 52.9 Å². The largest absolute Gasteiger partial charge is 0.479 e. The number of carbonyl (C=O) groups excluding carboxylic acids is 2. The van der Waals surface area contributed by atoms with Gasteiger partial charge in [0.05, 0.1) is 35.3 Å². The molecule has 3 aromatic rings. The summed E-state index contributed by atoms with van der Waals surface area (Å²) in [4.78, 5) is 33.7. The zero-order chi connectivity index (χ0) is 25.1. The summed E-state index contributed by atoms with van der Waals surface area (Å²) in [6.45, 7) is 5.95. The number of benzene rings is 1. The summed E-state index contributed by atoms with van der Waals surface area (Å²) in [5.41, 5.74) is 5.00. The van der Waals surface area contributed by atoms with E-state index in [2.05, 4.69) is 10.1 Å². The van der Waals surface area contributed by atoms with E-state index in [9.17, 15) is 14.7 Å². The zero-order valence-electron chi connectivity index (χ0n) is 20.4. The van der Waals surface area contributed by atoms with E-state index in [4.69, 9.17) is 9.26 Å². The molecule has 0 aliphatic carbocycles. The number of Topliss-reactive ketones (excluding diaryl/α,β-unsaturated/α-hetero) is 1. The Bertz CT molecular complexity index is 1170. The van der Waals surface area contributed by atoms with Gasteiger partial charge in [-0.1, -0.05) is 38.1 Å². The third-order valence-electron chi connectivity index (χ3n) is 6.51. The summed E-state index contributed by atoms with van der Waals surface area (Å²) in [5, 5.41) is 14.1. The number of aliphatic hydroxyl groups is 1. The lowest BCUT2D eigenvalue weighted by molar-refractivity contribution is -0.140. The molecule has 0 bridgehead atoms. The van der Waals surface area contributed by atoms with Crippen LogP contribution in [0.3, 0.4) is 0 Å². The molecule has 186 valence electrons. The Morgan fingerprint density at radius 3 is 2.63 bits per heavy atom. The van der Waals surface area contributed by atoms with E-state index in [0.29, 0.717) is 24.5 Å². The number of methoxy groups -OCH3 is 1. The number of thiazole rings is 1. The minimum absolute atomic E-state index is 0.0464. The molecule has 4 rings (SSSR count). The molecular formula is C26H31N3O5S. The van der Waals surface area contributed by atoms with Gasteiger partial charge < -0.3 is 19.3 Å². The van der Waals surface area contributed by atoms with Gasteiger partial charge in [0, 0.05) is 25.5 Å². The molecule has 1 aliphatic rings. The van der Waals surface area contributed by atoms with Crippen molar-refractivity contribution in [2.24, 2.45) is 5.92 Å². The fraction of sp³-hybridized carbons (Fsp3) is 0.462. The second kappa shape index (κ2) is 10.7. The van der Waals surface area contributed by atoms with Crippen LogP contribution >= 0.6 is 11.3 Å². The Morgan fingerprint density at radius 2 is 2.03 bits per heavy atom. The lowest BCUT2D eigenvalue weighted by atomic mass is 9.91. The highest BCUT2D eigenvalue weighted by Gasteiger charge is 2.42. The molecule has 1 saturated heterocycles. The van der Waals surface area contributed by atoms with Gasteiger partial charge in [-0.05, 0) is 35.5 Å². The molecule has 0 spiro atoms. The first-order valence-electron chi connectivity index (χ1n) is 11.8. The van der Waals surface area contributed by atoms with E-state index in [0.717, 1.165) is 21.7 Å². The number of hydrogen-bond donors (Lipinski definition) is 1. The SMILES string of the molecule is COc1cc([C@H](C(=O)N2C[C@H](O)C[C@H]2C(=O)CCc2ccc(-c3scnc3C)cc2)C(C)C)on1. The van der Waals surface area contributed by atoms with Crippen LogP contribution in [0.15, 0.2) is 40.4 Å². The fourth-order valence-electron chi connectivity index (χ4n) is 4.63. The van der Waals surface area contributed by atoms with Gasteiger partial charge in [0.15, 0.2) is 11.5 Å². The third kappa shape index (κ3) is 5.46. The van der Waals surface area contributed by atoms with Gasteiger partial charge in [0.2, 0.25) is 5.91 Å². The first kappa shape index (κ1) is 25.1. The lowest BCUT2D eigenvalue weighted by Crippen LogP contribution is -2.44. The predicted molar refractivity (Wildman–Crippen MR) is 132 cm³/mol. The summed E-state index contributed by atoms with van der Waals surface area (Å²) in [5.74, 6) is -0.299. The van der Waals surface area contributed by atoms with Crippen molar-refractivity contribution in [3.8, 4) is 16.3 Å². The number of ether oxygens (including phenoxy) is 1. The minimum Gasteiger partial charge on any atom is -0.479 e. The molecule has 1 aliphatic heterocycles. The standard InChI is InChI=1S/C26H31N3O5S/c1-15(2)24(22-12-23(33-4)28-34-22)26(32)29-13-19(30)11-20(29)21(31)10-7-17-5-8-18(9-6-17)25-16(3)27-14-35-25/h5-6,8-9,12,14-15,19-20,24,30H,7,10-11,13H2,1-4H3/t19-,20+,24-/m1/s1. The van der Waals surface area contributed by atoms with Crippen molar-refractivity contribution in [1.29, 1.82) is 0 Å². The Hall–Kier alpha value is -3.04. The van der Waals surface area contributed by atoms with E-state index in [-0.39, 0.29) is 30.6 Å². The van der Waals surface area contributed by atoms with E-state index in [1.54, 1.807) is 17.4 Å². The number of likely N-dealkylation sites (tertiary alicyclic amines) is 1. The van der Waals surface area contributed by atoms with E-state index < -0.39 is 18.1 Å². The van der Waals surface area contributed by atoms with Crippen molar-refractivity contribution >= 4 is 23.0 Å². The topological polar surface area (TPSA) is 106 Å². The number of β-amino-alcohol motifs (C(OH)–C–C–N with tert-alkyl or cyclic N) is 1. The van der Waals surface area contributed by atoms with Crippen molar-refractivity contribution in [1.82, 2.24) is 15.0 Å². The van der Waals surface area contributed by atoms with Crippen LogP contribution < -0.4 is 4.74 Å². The second-order valence-corrected chi connectivity index (χ2v) is 10.2. The summed E-state index contributed by atoms with van der Waals surface area (Å²) < 4.78 is 10.4. The van der Waals surface area contributed by atoms with Crippen LogP contribution in [0.5, 0.6) is 5.88 Å². The number of rotatable bonds is 9. The molecule has 0 saturated carbocycles. The zero-order valence-corrected chi connectivity index (χ0v) is 21.2. The van der Waals surface area contributed by atoms with Crippen molar-refractivity contribution < 1.29 is 24.0 Å². The van der Waals surface area contributed by atoms with Gasteiger partial charge in [0.25, 0.3) is 5.88 Å². The van der Waals surface area contributed by atoms with Gasteiger partial charge in [-0.3, -0.25) is 9.59 Å². The molecule has 3 atom stereocenters. The summed E-state index contributed by atoms with van der Waals surface area (Å²) in [7, 11) is 1.48. The van der Waals surface area contributed by atoms with E-state index in [1.165, 1.54) is 12.0 Å². The molecule has 1 fully saturated rings. The number of aliphatic hydroxyl groups excluding tert-OH is 1. The average Bonchev–Trinajstić information content (AvgIpc) is 3.57. The molecule has 35 heavy (non-hydrogen) atoms. The van der Waals surface area contributed by atoms with Crippen LogP contribution in [-0.4, -0.2) is 57.6 Å². The highest BCUT2D eigenvalue weighted by Crippen LogP contribution is 2.33. The van der Waals surface area contributed by atoms with Gasteiger partial charge >= 0.3 is 0 Å². The molecule has 8 nitrogen and oxygen atoms in total. The quantitative estimate of drug-likeness (QED) is 0.476. The highest BCUT2D eigenvalue weighted by molar-refractivity contribution is 7.13. The monoisotopic (exact) mass is 497 g/mol. The summed E-state index contributed by atoms with van der Waals surface area (Å²) in [6, 6.07) is 9.11. The van der Waals surface area contributed by atoms with Crippen LogP contribution in [0, 0.1) is 12.8 Å². The van der Waals surface area contributed by atoms with Gasteiger partial charge in [-0.2, -0.15) is 0 Å². The first-order valence-corrected chi connectivity index (χ1v) is 12.7. The first-order chi connectivity index (χ1) is 16.8. The van der Waals surface area contributed by atoms with Crippen LogP contribution in [0.25, 0.3) is 10.4 Å². The summed E-state index contributed by atoms with van der Waals surface area (Å²) >= 11 is 1.61. The molecule has 1 amide bonds. The second-order valence-electron chi connectivity index (χ2n) is 9.32. The molecule has 3 heterocycles. The van der Waals surface area contributed by atoms with E-state index >= 15 is 0 Å². The van der Waals surface area contributed by atoms with Crippen molar-refractivity contribution in [2.45, 2.75) is 58.1 Å². The predicted octanol–water partition coefficient (Wildman–Crippen LogP) is 4.02. The number of aryl methyl sites for hydroxylation is 2. The fourth-order valence-corrected chi connectivity index (χ4v) is 5.44. The number of amides is 1. The molecule has 2 aromatic heterocycles. The maximum atomic E-state index is 13.5. The molecule has 0 unspecified atom stereocenters. The Kier molecular flexibility index (Phi) is 7.66. The maximum Gasteiger partial charge on any atom is 0.254 e. The van der Waals surface area contributed by atoms with Crippen LogP contribution in [0.1, 0.15) is 49.6 Å². The normalized spacial score (nSPS) is 18.7. The lowest BCUT2D eigenvalue weighted by Gasteiger charge is -2.28. The number of ketones is 1. The smallest absolute Gasteiger partial charge is 0.254 e. The molecule has 1 N–H and O–H groups in total. The van der Waals surface area contributed by atoms with Crippen molar-refractivity contribution in [2.75, 3.05) is 13.7 Å². The molecule has 9 heteroatoms. The molecule has 1 aromatic carbocycles. The van der Waals surface area contributed by atoms with Crippen LogP contribution in [0.4, 0.5) is 0 Å². The maximum absolute atomic E-state index is 13.5. The number of aromatic nitrogens is 2. The number of hydrogen-bond acceptors (Lipinski definition) is 8. The van der Waals surface area contributed by atoms with Crippen molar-refractivity contribution in [3.63, 3.8) is 0 Å². The summed E-state index contributed by atoms with van der Waals surface area (Å²) in [6.07, 6.45) is 0.385. The molecule has 0 radical (unpaired) electrons. The Balaban J connectivity index is 1.43. The Labute approximate surface area is 208 Å². The van der Waals surface area contributed by atoms with Crippen LogP contribution in [0.2, 0.25) is 0 Å². The third-order valence-corrected chi connectivity index (χ3v) is 7.49. The minimum atomic E-state index is -0.730.